The Bertz CT molecular complexity index is 1090. The monoisotopic (exact) mass is 451 g/mol. The van der Waals surface area contributed by atoms with E-state index in [1.165, 1.54) is 16.4 Å². The molecule has 162 valence electrons. The van der Waals surface area contributed by atoms with Crippen LogP contribution in [0.1, 0.15) is 30.4 Å². The molecule has 1 fully saturated rings. The lowest BCUT2D eigenvalue weighted by Gasteiger charge is -2.15. The zero-order chi connectivity index (χ0) is 21.8. The Balaban J connectivity index is 1.49. The van der Waals surface area contributed by atoms with Gasteiger partial charge in [-0.1, -0.05) is 24.3 Å². The van der Waals surface area contributed by atoms with Crippen LogP contribution in [0, 0.1) is 0 Å². The summed E-state index contributed by atoms with van der Waals surface area (Å²) in [6, 6.07) is 12.6. The lowest BCUT2D eigenvalue weighted by Crippen LogP contribution is -2.27. The largest absolute Gasteiger partial charge is 0.352 e. The minimum Gasteiger partial charge on any atom is -0.352 e. The van der Waals surface area contributed by atoms with E-state index in [1.807, 2.05) is 0 Å². The van der Waals surface area contributed by atoms with Crippen molar-refractivity contribution in [3.8, 4) is 0 Å². The number of hydrogen-bond donors (Lipinski definition) is 2. The Morgan fingerprint density at radius 2 is 1.40 bits per heavy atom. The molecule has 1 aliphatic heterocycles. The van der Waals surface area contributed by atoms with Crippen LogP contribution in [0.4, 0.5) is 0 Å². The summed E-state index contributed by atoms with van der Waals surface area (Å²) >= 11 is 0. The van der Waals surface area contributed by atoms with Crippen molar-refractivity contribution in [3.05, 3.63) is 59.7 Å². The highest BCUT2D eigenvalue weighted by molar-refractivity contribution is 7.89. The van der Waals surface area contributed by atoms with E-state index >= 15 is 0 Å². The van der Waals surface area contributed by atoms with Gasteiger partial charge in [-0.15, -0.1) is 0 Å². The van der Waals surface area contributed by atoms with E-state index in [2.05, 4.69) is 5.32 Å². The Kier molecular flexibility index (Phi) is 6.91. The normalized spacial score (nSPS) is 15.2. The summed E-state index contributed by atoms with van der Waals surface area (Å²) in [5, 5.41) is 7.83. The van der Waals surface area contributed by atoms with Gasteiger partial charge in [0, 0.05) is 26.1 Å². The summed E-state index contributed by atoms with van der Waals surface area (Å²) in [4.78, 5) is 12.4. The number of nitrogens with one attached hydrogen (secondary N) is 1. The fraction of sp³-hybridized carbons (Fsp3) is 0.350. The lowest BCUT2D eigenvalue weighted by atomic mass is 10.1. The molecule has 0 unspecified atom stereocenters. The molecular weight excluding hydrogens is 426 g/mol. The molecule has 30 heavy (non-hydrogen) atoms. The molecule has 1 amide bonds. The fourth-order valence-corrected chi connectivity index (χ4v) is 5.28. The van der Waals surface area contributed by atoms with Crippen molar-refractivity contribution >= 4 is 26.0 Å². The Morgan fingerprint density at radius 3 is 1.97 bits per heavy atom. The number of nitrogens with two attached hydrogens (primary N) is 1. The first kappa shape index (κ1) is 22.4. The smallest absolute Gasteiger partial charge is 0.243 e. The van der Waals surface area contributed by atoms with Gasteiger partial charge in [0.1, 0.15) is 0 Å². The number of amides is 1. The number of carbonyl (C=O) groups excluding carboxylic acids is 1. The number of benzene rings is 2. The van der Waals surface area contributed by atoms with Crippen LogP contribution in [0.2, 0.25) is 0 Å². The minimum absolute atomic E-state index is 0.0211. The van der Waals surface area contributed by atoms with Crippen LogP contribution in [-0.2, 0) is 37.8 Å². The molecule has 0 aromatic heterocycles. The van der Waals surface area contributed by atoms with Gasteiger partial charge in [-0.05, 0) is 54.7 Å². The van der Waals surface area contributed by atoms with Crippen molar-refractivity contribution in [3.63, 3.8) is 0 Å². The zero-order valence-corrected chi connectivity index (χ0v) is 18.1. The number of hydrogen-bond acceptors (Lipinski definition) is 5. The maximum atomic E-state index is 12.5. The van der Waals surface area contributed by atoms with Gasteiger partial charge in [0.2, 0.25) is 26.0 Å². The SMILES string of the molecule is NS(=O)(=O)c1ccc(CNC(=O)CCc2ccc(S(=O)(=O)N3CCCC3)cc2)cc1. The minimum atomic E-state index is -3.74. The molecular formula is C20H25N3O5S2. The topological polar surface area (TPSA) is 127 Å². The molecule has 1 aliphatic rings. The second-order valence-electron chi connectivity index (χ2n) is 7.22. The highest BCUT2D eigenvalue weighted by Gasteiger charge is 2.26. The van der Waals surface area contributed by atoms with Gasteiger partial charge in [-0.2, -0.15) is 4.31 Å². The zero-order valence-electron chi connectivity index (χ0n) is 16.5. The van der Waals surface area contributed by atoms with Gasteiger partial charge in [0.05, 0.1) is 9.79 Å². The summed E-state index contributed by atoms with van der Waals surface area (Å²) in [6.07, 6.45) is 2.53. The average molecular weight is 452 g/mol. The molecule has 1 heterocycles. The van der Waals surface area contributed by atoms with Crippen molar-refractivity contribution in [1.29, 1.82) is 0 Å². The summed E-state index contributed by atoms with van der Waals surface area (Å²) in [5.41, 5.74) is 1.63. The van der Waals surface area contributed by atoms with E-state index in [4.69, 9.17) is 5.14 Å². The van der Waals surface area contributed by atoms with E-state index < -0.39 is 20.0 Å². The summed E-state index contributed by atoms with van der Waals surface area (Å²) < 4.78 is 49.1. The van der Waals surface area contributed by atoms with E-state index in [0.717, 1.165) is 24.0 Å². The summed E-state index contributed by atoms with van der Waals surface area (Å²) in [7, 11) is -7.16. The molecule has 0 aliphatic carbocycles. The maximum Gasteiger partial charge on any atom is 0.243 e. The molecule has 2 aromatic carbocycles. The molecule has 0 spiro atoms. The number of rotatable bonds is 8. The quantitative estimate of drug-likeness (QED) is 0.627. The Morgan fingerprint density at radius 1 is 0.867 bits per heavy atom. The first-order valence-corrected chi connectivity index (χ1v) is 12.6. The molecule has 0 bridgehead atoms. The van der Waals surface area contributed by atoms with Crippen molar-refractivity contribution < 1.29 is 21.6 Å². The standard InChI is InChI=1S/C20H25N3O5S2/c21-29(25,26)18-8-5-17(6-9-18)15-22-20(24)12-7-16-3-10-19(11-4-16)30(27,28)23-13-1-2-14-23/h3-6,8-11H,1-2,7,12-15H2,(H,22,24)(H2,21,25,26). The molecule has 0 saturated carbocycles. The van der Waals surface area contributed by atoms with E-state index in [9.17, 15) is 21.6 Å². The predicted octanol–water partition coefficient (Wildman–Crippen LogP) is 1.37. The van der Waals surface area contributed by atoms with Gasteiger partial charge >= 0.3 is 0 Å². The van der Waals surface area contributed by atoms with E-state index in [0.29, 0.717) is 19.5 Å². The molecule has 3 rings (SSSR count). The Hall–Kier alpha value is -2.27. The van der Waals surface area contributed by atoms with E-state index in [1.54, 1.807) is 36.4 Å². The van der Waals surface area contributed by atoms with Gasteiger partial charge in [0.15, 0.2) is 0 Å². The Labute approximate surface area is 177 Å². The molecule has 0 radical (unpaired) electrons. The van der Waals surface area contributed by atoms with Crippen molar-refractivity contribution in [2.24, 2.45) is 5.14 Å². The third-order valence-electron chi connectivity index (χ3n) is 5.01. The van der Waals surface area contributed by atoms with Crippen LogP contribution >= 0.6 is 0 Å². The van der Waals surface area contributed by atoms with Crippen LogP contribution in [0.25, 0.3) is 0 Å². The van der Waals surface area contributed by atoms with Crippen LogP contribution in [0.5, 0.6) is 0 Å². The average Bonchev–Trinajstić information content (AvgIpc) is 3.26. The summed E-state index contributed by atoms with van der Waals surface area (Å²) in [6.45, 7) is 1.40. The lowest BCUT2D eigenvalue weighted by molar-refractivity contribution is -0.121. The number of sulfonamides is 2. The second-order valence-corrected chi connectivity index (χ2v) is 10.7. The third-order valence-corrected chi connectivity index (χ3v) is 7.85. The fourth-order valence-electron chi connectivity index (χ4n) is 3.25. The molecule has 3 N–H and O–H groups in total. The first-order chi connectivity index (χ1) is 14.2. The molecule has 8 nitrogen and oxygen atoms in total. The van der Waals surface area contributed by atoms with Crippen LogP contribution in [-0.4, -0.2) is 40.1 Å². The highest BCUT2D eigenvalue weighted by atomic mass is 32.2. The number of nitrogens with zero attached hydrogens (tertiary/aromatic N) is 1. The van der Waals surface area contributed by atoms with E-state index in [-0.39, 0.29) is 28.7 Å². The van der Waals surface area contributed by atoms with Crippen LogP contribution in [0.15, 0.2) is 58.3 Å². The van der Waals surface area contributed by atoms with Gasteiger partial charge in [-0.25, -0.2) is 22.0 Å². The molecule has 1 saturated heterocycles. The summed E-state index contributed by atoms with van der Waals surface area (Å²) in [5.74, 6) is -0.153. The molecule has 2 aromatic rings. The number of carbonyl (C=O) groups is 1. The second kappa shape index (κ2) is 9.25. The highest BCUT2D eigenvalue weighted by Crippen LogP contribution is 2.21. The third kappa shape index (κ3) is 5.66. The number of aryl methyl sites for hydroxylation is 1. The number of primary sulfonamides is 1. The predicted molar refractivity (Wildman–Crippen MR) is 112 cm³/mol. The van der Waals surface area contributed by atoms with Crippen LogP contribution in [0.3, 0.4) is 0 Å². The van der Waals surface area contributed by atoms with Crippen molar-refractivity contribution in [1.82, 2.24) is 9.62 Å². The van der Waals surface area contributed by atoms with Gasteiger partial charge in [0.25, 0.3) is 0 Å². The van der Waals surface area contributed by atoms with Gasteiger partial charge in [-0.3, -0.25) is 4.79 Å². The molecule has 0 atom stereocenters. The maximum absolute atomic E-state index is 12.5. The molecule has 10 heteroatoms. The van der Waals surface area contributed by atoms with Crippen molar-refractivity contribution in [2.75, 3.05) is 13.1 Å². The first-order valence-electron chi connectivity index (χ1n) is 9.64. The van der Waals surface area contributed by atoms with Crippen LogP contribution < -0.4 is 10.5 Å². The van der Waals surface area contributed by atoms with Crippen molar-refractivity contribution in [2.45, 2.75) is 42.0 Å². The van der Waals surface area contributed by atoms with Gasteiger partial charge < -0.3 is 5.32 Å².